The van der Waals surface area contributed by atoms with Gasteiger partial charge in [-0.2, -0.15) is 0 Å². The van der Waals surface area contributed by atoms with Crippen molar-refractivity contribution in [2.75, 3.05) is 0 Å². The highest BCUT2D eigenvalue weighted by molar-refractivity contribution is 5.97. The molecule has 96 valence electrons. The SMILES string of the molecule is CCCCCC(=O)c1cc(CCCC)[nH]c1C. The van der Waals surface area contributed by atoms with Crippen LogP contribution in [-0.2, 0) is 6.42 Å². The van der Waals surface area contributed by atoms with Crippen LogP contribution in [0.15, 0.2) is 6.07 Å². The van der Waals surface area contributed by atoms with Crippen molar-refractivity contribution in [3.05, 3.63) is 23.0 Å². The number of rotatable bonds is 8. The fourth-order valence-corrected chi connectivity index (χ4v) is 2.09. The Morgan fingerprint density at radius 1 is 1.18 bits per heavy atom. The third kappa shape index (κ3) is 4.37. The monoisotopic (exact) mass is 235 g/mol. The van der Waals surface area contributed by atoms with Crippen molar-refractivity contribution in [2.24, 2.45) is 0 Å². The van der Waals surface area contributed by atoms with Crippen LogP contribution in [0.3, 0.4) is 0 Å². The molecule has 0 unspecified atom stereocenters. The zero-order valence-corrected chi connectivity index (χ0v) is 11.4. The molecule has 0 atom stereocenters. The Balaban J connectivity index is 2.57. The Morgan fingerprint density at radius 3 is 2.53 bits per heavy atom. The highest BCUT2D eigenvalue weighted by Crippen LogP contribution is 2.16. The van der Waals surface area contributed by atoms with Gasteiger partial charge in [0, 0.05) is 23.4 Å². The molecule has 1 rings (SSSR count). The number of unbranched alkanes of at least 4 members (excludes halogenated alkanes) is 3. The molecule has 0 fully saturated rings. The first-order valence-corrected chi connectivity index (χ1v) is 6.90. The third-order valence-electron chi connectivity index (χ3n) is 3.18. The van der Waals surface area contributed by atoms with Crippen molar-refractivity contribution >= 4 is 5.78 Å². The van der Waals surface area contributed by atoms with E-state index in [9.17, 15) is 4.79 Å². The first-order chi connectivity index (χ1) is 8.19. The van der Waals surface area contributed by atoms with Crippen LogP contribution in [0.5, 0.6) is 0 Å². The second kappa shape index (κ2) is 7.31. The van der Waals surface area contributed by atoms with Gasteiger partial charge in [0.15, 0.2) is 5.78 Å². The maximum absolute atomic E-state index is 12.0. The number of aromatic nitrogens is 1. The molecule has 0 radical (unpaired) electrons. The molecule has 1 heterocycles. The topological polar surface area (TPSA) is 32.9 Å². The molecule has 0 aliphatic rings. The first kappa shape index (κ1) is 14.0. The minimum atomic E-state index is 0.301. The van der Waals surface area contributed by atoms with E-state index in [1.807, 2.05) is 6.92 Å². The summed E-state index contributed by atoms with van der Waals surface area (Å²) in [6, 6.07) is 2.05. The van der Waals surface area contributed by atoms with Crippen molar-refractivity contribution in [3.8, 4) is 0 Å². The van der Waals surface area contributed by atoms with Gasteiger partial charge in [-0.25, -0.2) is 0 Å². The summed E-state index contributed by atoms with van der Waals surface area (Å²) in [4.78, 5) is 15.3. The van der Waals surface area contributed by atoms with E-state index in [2.05, 4.69) is 24.9 Å². The van der Waals surface area contributed by atoms with Crippen LogP contribution in [0.4, 0.5) is 0 Å². The Bertz CT molecular complexity index is 352. The zero-order valence-electron chi connectivity index (χ0n) is 11.4. The molecule has 0 aromatic carbocycles. The molecule has 0 aliphatic carbocycles. The molecule has 0 bridgehead atoms. The molecular weight excluding hydrogens is 210 g/mol. The fraction of sp³-hybridized carbons (Fsp3) is 0.667. The van der Waals surface area contributed by atoms with Gasteiger partial charge in [-0.3, -0.25) is 4.79 Å². The minimum absolute atomic E-state index is 0.301. The maximum atomic E-state index is 12.0. The van der Waals surface area contributed by atoms with Gasteiger partial charge >= 0.3 is 0 Å². The molecule has 0 aliphatic heterocycles. The predicted octanol–water partition coefficient (Wildman–Crippen LogP) is 4.43. The van der Waals surface area contributed by atoms with Gasteiger partial charge in [0.05, 0.1) is 0 Å². The number of aryl methyl sites for hydroxylation is 2. The van der Waals surface area contributed by atoms with Crippen LogP contribution in [0.2, 0.25) is 0 Å². The number of carbonyl (C=O) groups excluding carboxylic acids is 1. The lowest BCUT2D eigenvalue weighted by Crippen LogP contribution is -1.99. The van der Waals surface area contributed by atoms with E-state index in [1.165, 1.54) is 25.0 Å². The molecule has 0 amide bonds. The maximum Gasteiger partial charge on any atom is 0.164 e. The van der Waals surface area contributed by atoms with Crippen molar-refractivity contribution in [1.82, 2.24) is 4.98 Å². The Labute approximate surface area is 105 Å². The first-order valence-electron chi connectivity index (χ1n) is 6.90. The van der Waals surface area contributed by atoms with Crippen molar-refractivity contribution in [2.45, 2.75) is 65.7 Å². The van der Waals surface area contributed by atoms with E-state index in [4.69, 9.17) is 0 Å². The van der Waals surface area contributed by atoms with Gasteiger partial charge in [0.2, 0.25) is 0 Å². The van der Waals surface area contributed by atoms with Crippen LogP contribution < -0.4 is 0 Å². The van der Waals surface area contributed by atoms with E-state index < -0.39 is 0 Å². The molecule has 1 N–H and O–H groups in total. The number of H-pyrrole nitrogens is 1. The summed E-state index contributed by atoms with van der Waals surface area (Å²) in [6.45, 7) is 6.35. The summed E-state index contributed by atoms with van der Waals surface area (Å²) < 4.78 is 0. The van der Waals surface area contributed by atoms with Gasteiger partial charge < -0.3 is 4.98 Å². The molecule has 0 saturated heterocycles. The van der Waals surface area contributed by atoms with E-state index in [-0.39, 0.29) is 0 Å². The average Bonchev–Trinajstić information content (AvgIpc) is 2.68. The lowest BCUT2D eigenvalue weighted by molar-refractivity contribution is 0.0979. The molecule has 2 nitrogen and oxygen atoms in total. The fourth-order valence-electron chi connectivity index (χ4n) is 2.09. The number of aromatic amines is 1. The molecule has 0 spiro atoms. The molecular formula is C15H25NO. The predicted molar refractivity (Wildman–Crippen MR) is 72.6 cm³/mol. The highest BCUT2D eigenvalue weighted by atomic mass is 16.1. The normalized spacial score (nSPS) is 10.8. The van der Waals surface area contributed by atoms with E-state index in [0.29, 0.717) is 12.2 Å². The number of hydrogen-bond donors (Lipinski definition) is 1. The van der Waals surface area contributed by atoms with Crippen LogP contribution in [0.25, 0.3) is 0 Å². The Hall–Kier alpha value is -1.05. The standard InChI is InChI=1S/C15H25NO/c1-4-6-8-10-15(17)14-11-13(9-7-5-2)16-12(14)3/h11,16H,4-10H2,1-3H3. The number of carbonyl (C=O) groups is 1. The summed E-state index contributed by atoms with van der Waals surface area (Å²) in [5, 5.41) is 0. The summed E-state index contributed by atoms with van der Waals surface area (Å²) in [5.74, 6) is 0.301. The average molecular weight is 235 g/mol. The van der Waals surface area contributed by atoms with E-state index >= 15 is 0 Å². The van der Waals surface area contributed by atoms with Crippen LogP contribution in [0.1, 0.15) is 74.1 Å². The van der Waals surface area contributed by atoms with Crippen molar-refractivity contribution in [3.63, 3.8) is 0 Å². The Kier molecular flexibility index (Phi) is 6.03. The summed E-state index contributed by atoms with van der Waals surface area (Å²) >= 11 is 0. The van der Waals surface area contributed by atoms with E-state index in [0.717, 1.165) is 30.5 Å². The van der Waals surface area contributed by atoms with Gasteiger partial charge in [-0.05, 0) is 32.3 Å². The number of hydrogen-bond acceptors (Lipinski definition) is 1. The summed E-state index contributed by atoms with van der Waals surface area (Å²) in [7, 11) is 0. The number of nitrogens with one attached hydrogen (secondary N) is 1. The largest absolute Gasteiger partial charge is 0.362 e. The third-order valence-corrected chi connectivity index (χ3v) is 3.18. The van der Waals surface area contributed by atoms with Gasteiger partial charge in [-0.1, -0.05) is 33.1 Å². The molecule has 1 aromatic rings. The minimum Gasteiger partial charge on any atom is -0.362 e. The van der Waals surface area contributed by atoms with Crippen LogP contribution >= 0.6 is 0 Å². The smallest absolute Gasteiger partial charge is 0.164 e. The molecule has 2 heteroatoms. The lowest BCUT2D eigenvalue weighted by atomic mass is 10.0. The van der Waals surface area contributed by atoms with Crippen molar-refractivity contribution < 1.29 is 4.79 Å². The zero-order chi connectivity index (χ0) is 12.7. The van der Waals surface area contributed by atoms with Crippen molar-refractivity contribution in [1.29, 1.82) is 0 Å². The Morgan fingerprint density at radius 2 is 1.88 bits per heavy atom. The van der Waals surface area contributed by atoms with Gasteiger partial charge in [0.1, 0.15) is 0 Å². The molecule has 1 aromatic heterocycles. The molecule has 17 heavy (non-hydrogen) atoms. The highest BCUT2D eigenvalue weighted by Gasteiger charge is 2.11. The van der Waals surface area contributed by atoms with Crippen LogP contribution in [0, 0.1) is 6.92 Å². The second-order valence-electron chi connectivity index (χ2n) is 4.82. The quantitative estimate of drug-likeness (QED) is 0.525. The lowest BCUT2D eigenvalue weighted by Gasteiger charge is -1.98. The summed E-state index contributed by atoms with van der Waals surface area (Å²) in [5.41, 5.74) is 3.16. The van der Waals surface area contributed by atoms with E-state index in [1.54, 1.807) is 0 Å². The van der Waals surface area contributed by atoms with Gasteiger partial charge in [-0.15, -0.1) is 0 Å². The van der Waals surface area contributed by atoms with Crippen LogP contribution in [-0.4, -0.2) is 10.8 Å². The molecule has 0 saturated carbocycles. The summed E-state index contributed by atoms with van der Waals surface area (Å²) in [6.07, 6.45) is 7.46. The van der Waals surface area contributed by atoms with Gasteiger partial charge in [0.25, 0.3) is 0 Å². The second-order valence-corrected chi connectivity index (χ2v) is 4.82. The number of Topliss-reactive ketones (excluding diaryl/α,β-unsaturated/α-hetero) is 1. The number of ketones is 1.